The molecule has 0 radical (unpaired) electrons. The zero-order valence-electron chi connectivity index (χ0n) is 27.8. The summed E-state index contributed by atoms with van der Waals surface area (Å²) in [6.45, 7) is 15.1. The minimum absolute atomic E-state index is 0.00646. The number of thiocarbonyl (C=S) groups is 1. The lowest BCUT2D eigenvalue weighted by Gasteiger charge is -2.24. The van der Waals surface area contributed by atoms with Gasteiger partial charge in [-0.25, -0.2) is 0 Å². The fraction of sp³-hybridized carbons (Fsp3) is 0.282. The largest absolute Gasteiger partial charge is 0.508 e. The van der Waals surface area contributed by atoms with Gasteiger partial charge >= 0.3 is 0 Å². The van der Waals surface area contributed by atoms with E-state index in [2.05, 4.69) is 50.0 Å². The second kappa shape index (κ2) is 20.4. The van der Waals surface area contributed by atoms with Crippen molar-refractivity contribution in [2.24, 2.45) is 0 Å². The van der Waals surface area contributed by atoms with Gasteiger partial charge in [0.05, 0.1) is 30.2 Å². The van der Waals surface area contributed by atoms with E-state index in [1.165, 1.54) is 5.56 Å². The van der Waals surface area contributed by atoms with Crippen LogP contribution >= 0.6 is 12.2 Å². The first-order chi connectivity index (χ1) is 22.2. The fourth-order valence-electron chi connectivity index (χ4n) is 4.41. The number of carbonyl (C=O) groups is 1. The maximum atomic E-state index is 13.3. The first kappa shape index (κ1) is 37.6. The number of nitrogens with zero attached hydrogens (tertiary/aromatic N) is 1. The Bertz CT molecular complexity index is 1490. The van der Waals surface area contributed by atoms with E-state index in [-0.39, 0.29) is 24.6 Å². The van der Waals surface area contributed by atoms with Crippen LogP contribution in [0.15, 0.2) is 110 Å². The number of carbonyl (C=O) groups excluding carboxylic acids is 1. The first-order valence-electron chi connectivity index (χ1n) is 15.8. The topological polar surface area (TPSA) is 87.8 Å². The van der Waals surface area contributed by atoms with Gasteiger partial charge in [-0.1, -0.05) is 113 Å². The van der Waals surface area contributed by atoms with Crippen LogP contribution in [0.5, 0.6) is 5.75 Å². The van der Waals surface area contributed by atoms with Gasteiger partial charge in [0.25, 0.3) is 0 Å². The molecule has 0 fully saturated rings. The summed E-state index contributed by atoms with van der Waals surface area (Å²) < 4.78 is 5.58. The van der Waals surface area contributed by atoms with E-state index in [0.717, 1.165) is 16.8 Å². The molecule has 0 saturated carbocycles. The van der Waals surface area contributed by atoms with Crippen LogP contribution in [-0.2, 0) is 17.6 Å². The predicted octanol–water partition coefficient (Wildman–Crippen LogP) is 9.09. The van der Waals surface area contributed by atoms with Gasteiger partial charge < -0.3 is 25.8 Å². The lowest BCUT2D eigenvalue weighted by atomic mass is 10.0. The number of rotatable bonds is 12. The van der Waals surface area contributed by atoms with Crippen LogP contribution < -0.4 is 15.8 Å². The maximum Gasteiger partial charge on any atom is 0.227 e. The van der Waals surface area contributed by atoms with Crippen molar-refractivity contribution in [1.29, 1.82) is 0 Å². The van der Waals surface area contributed by atoms with E-state index < -0.39 is 0 Å². The molecule has 0 heterocycles. The molecule has 0 saturated heterocycles. The molecule has 0 unspecified atom stereocenters. The number of hydrogen-bond donors (Lipinski definition) is 3. The Kier molecular flexibility index (Phi) is 16.7. The number of ether oxygens (including phenoxy) is 1. The third-order valence-corrected chi connectivity index (χ3v) is 7.13. The van der Waals surface area contributed by atoms with Gasteiger partial charge in [-0.05, 0) is 72.4 Å². The molecule has 46 heavy (non-hydrogen) atoms. The van der Waals surface area contributed by atoms with E-state index in [4.69, 9.17) is 22.7 Å². The number of nitrogens with one attached hydrogen (secondary N) is 1. The van der Waals surface area contributed by atoms with E-state index in [1.807, 2.05) is 81.4 Å². The van der Waals surface area contributed by atoms with Crippen molar-refractivity contribution in [2.45, 2.75) is 53.4 Å². The van der Waals surface area contributed by atoms with Gasteiger partial charge in [0.15, 0.2) is 0 Å². The average molecular weight is 640 g/mol. The van der Waals surface area contributed by atoms with E-state index in [9.17, 15) is 9.90 Å². The summed E-state index contributed by atoms with van der Waals surface area (Å²) in [5.74, 6) is 1.21. The Morgan fingerprint density at radius 2 is 1.54 bits per heavy atom. The number of nitrogen functional groups attached to an aromatic ring is 1. The lowest BCUT2D eigenvalue weighted by molar-refractivity contribution is -0.129. The van der Waals surface area contributed by atoms with Gasteiger partial charge in [-0.2, -0.15) is 0 Å². The number of aliphatic hydroxyl groups is 1. The zero-order chi connectivity index (χ0) is 33.9. The first-order valence-corrected chi connectivity index (χ1v) is 16.2. The average Bonchev–Trinajstić information content (AvgIpc) is 3.07. The van der Waals surface area contributed by atoms with Gasteiger partial charge in [0.2, 0.25) is 5.91 Å². The van der Waals surface area contributed by atoms with Crippen LogP contribution in [-0.4, -0.2) is 40.6 Å². The minimum atomic E-state index is -0.0378. The Morgan fingerprint density at radius 3 is 2.09 bits per heavy atom. The second-order valence-corrected chi connectivity index (χ2v) is 11.2. The standard InChI is InChI=1S/C28H31N3O3S.C9H12.C2H6/c1-3-34-26-17-22(9-14-25(26)29)18-28(33)31(16-15-21-7-5-4-6-8-21)19-27(35)30-24-12-10-23(11-13-24)20(2)32;1-8(2)9-6-4-3-5-7-9;1-2/h4-14,17,32H,2-3,15-16,18-19,29H2,1H3,(H,30,35);3-8H,1-2H3;1-2H3. The smallest absolute Gasteiger partial charge is 0.227 e. The summed E-state index contributed by atoms with van der Waals surface area (Å²) in [6.07, 6.45) is 0.930. The Balaban J connectivity index is 0.000000569. The molecule has 6 nitrogen and oxygen atoms in total. The Morgan fingerprint density at radius 1 is 0.935 bits per heavy atom. The van der Waals surface area contributed by atoms with Gasteiger partial charge in [-0.3, -0.25) is 4.79 Å². The molecule has 244 valence electrons. The molecule has 0 aromatic heterocycles. The van der Waals surface area contributed by atoms with E-state index >= 15 is 0 Å². The molecule has 1 amide bonds. The summed E-state index contributed by atoms with van der Waals surface area (Å²) in [7, 11) is 0. The monoisotopic (exact) mass is 639 g/mol. The molecule has 0 aliphatic heterocycles. The van der Waals surface area contributed by atoms with Gasteiger partial charge in [0.1, 0.15) is 11.5 Å². The van der Waals surface area contributed by atoms with Crippen LogP contribution in [0.1, 0.15) is 62.8 Å². The zero-order valence-corrected chi connectivity index (χ0v) is 28.6. The van der Waals surface area contributed by atoms with Crippen molar-refractivity contribution in [3.05, 3.63) is 132 Å². The molecular weight excluding hydrogens is 591 g/mol. The van der Waals surface area contributed by atoms with Crippen LogP contribution in [0, 0.1) is 0 Å². The summed E-state index contributed by atoms with van der Waals surface area (Å²) in [5, 5.41) is 12.7. The molecule has 4 aromatic rings. The van der Waals surface area contributed by atoms with Gasteiger partial charge in [-0.15, -0.1) is 0 Å². The van der Waals surface area contributed by atoms with Crippen molar-refractivity contribution < 1.29 is 14.6 Å². The summed E-state index contributed by atoms with van der Waals surface area (Å²) in [5.41, 5.74) is 11.3. The number of anilines is 2. The molecule has 0 spiro atoms. The normalized spacial score (nSPS) is 10.0. The highest BCUT2D eigenvalue weighted by Crippen LogP contribution is 2.23. The third-order valence-electron chi connectivity index (χ3n) is 6.90. The molecular formula is C39H49N3O3S. The summed E-state index contributed by atoms with van der Waals surface area (Å²) >= 11 is 5.58. The third kappa shape index (κ3) is 13.2. The number of benzene rings is 4. The molecule has 0 aliphatic carbocycles. The molecule has 7 heteroatoms. The summed E-state index contributed by atoms with van der Waals surface area (Å²) in [4.78, 5) is 15.6. The van der Waals surface area contributed by atoms with Crippen molar-refractivity contribution in [3.8, 4) is 5.75 Å². The molecule has 0 aliphatic rings. The van der Waals surface area contributed by atoms with Crippen molar-refractivity contribution in [1.82, 2.24) is 4.90 Å². The van der Waals surface area contributed by atoms with Crippen molar-refractivity contribution in [2.75, 3.05) is 30.7 Å². The predicted molar refractivity (Wildman–Crippen MR) is 199 cm³/mol. The molecule has 0 bridgehead atoms. The molecule has 4 rings (SSSR count). The number of hydrogen-bond acceptors (Lipinski definition) is 5. The van der Waals surface area contributed by atoms with Crippen LogP contribution in [0.25, 0.3) is 5.76 Å². The summed E-state index contributed by atoms with van der Waals surface area (Å²) in [6, 6.07) is 33.1. The van der Waals surface area contributed by atoms with Crippen LogP contribution in [0.4, 0.5) is 11.4 Å². The lowest BCUT2D eigenvalue weighted by Crippen LogP contribution is -2.39. The van der Waals surface area contributed by atoms with Crippen molar-refractivity contribution >= 4 is 40.2 Å². The molecule has 0 atom stereocenters. The fourth-order valence-corrected chi connectivity index (χ4v) is 4.69. The minimum Gasteiger partial charge on any atom is -0.508 e. The maximum absolute atomic E-state index is 13.3. The quantitative estimate of drug-likeness (QED) is 0.0814. The Hall–Kier alpha value is -4.62. The number of nitrogens with two attached hydrogens (primary N) is 1. The number of amides is 1. The molecule has 4 N–H and O–H groups in total. The highest BCUT2D eigenvalue weighted by atomic mass is 32.1. The Labute approximate surface area is 280 Å². The highest BCUT2D eigenvalue weighted by molar-refractivity contribution is 7.80. The van der Waals surface area contributed by atoms with E-state index in [0.29, 0.717) is 47.5 Å². The second-order valence-electron chi connectivity index (χ2n) is 10.7. The van der Waals surface area contributed by atoms with Crippen LogP contribution in [0.3, 0.4) is 0 Å². The highest BCUT2D eigenvalue weighted by Gasteiger charge is 2.17. The van der Waals surface area contributed by atoms with Crippen LogP contribution in [0.2, 0.25) is 0 Å². The number of aliphatic hydroxyl groups excluding tert-OH is 1. The van der Waals surface area contributed by atoms with Crippen molar-refractivity contribution in [3.63, 3.8) is 0 Å². The molecule has 4 aromatic carbocycles. The SMILES string of the molecule is C=C(O)c1ccc(NC(=S)CN(CCc2ccccc2)C(=O)Cc2ccc(N)c(OCC)c2)cc1.CC.CC(C)c1ccccc1. The van der Waals surface area contributed by atoms with E-state index in [1.54, 1.807) is 23.1 Å². The van der Waals surface area contributed by atoms with Gasteiger partial charge in [0, 0.05) is 17.8 Å².